The summed E-state index contributed by atoms with van der Waals surface area (Å²) in [5.74, 6) is 1.08. The summed E-state index contributed by atoms with van der Waals surface area (Å²) in [7, 11) is 0. The Bertz CT molecular complexity index is 848. The van der Waals surface area contributed by atoms with E-state index in [2.05, 4.69) is 10.3 Å². The van der Waals surface area contributed by atoms with E-state index in [0.29, 0.717) is 5.82 Å². The van der Waals surface area contributed by atoms with Crippen LogP contribution in [0.25, 0.3) is 11.7 Å². The molecule has 0 spiro atoms. The number of fused-ring (bicyclic) bond motifs is 1. The lowest BCUT2D eigenvalue weighted by atomic mass is 10.2. The van der Waals surface area contributed by atoms with E-state index in [1.54, 1.807) is 12.3 Å². The lowest BCUT2D eigenvalue weighted by Crippen LogP contribution is -2.08. The first-order valence-electron chi connectivity index (χ1n) is 7.80. The zero-order valence-electron chi connectivity index (χ0n) is 13.6. The molecule has 5 heteroatoms. The van der Waals surface area contributed by atoms with Gasteiger partial charge >= 0.3 is 0 Å². The molecule has 24 heavy (non-hydrogen) atoms. The van der Waals surface area contributed by atoms with E-state index in [9.17, 15) is 4.79 Å². The number of benzene rings is 1. The van der Waals surface area contributed by atoms with E-state index in [-0.39, 0.29) is 12.0 Å². The molecule has 5 nitrogen and oxygen atoms in total. The van der Waals surface area contributed by atoms with Crippen LogP contribution in [0.2, 0.25) is 0 Å². The zero-order valence-corrected chi connectivity index (χ0v) is 13.6. The van der Waals surface area contributed by atoms with Crippen LogP contribution in [-0.2, 0) is 4.79 Å². The van der Waals surface area contributed by atoms with Crippen LogP contribution in [0.5, 0.6) is 5.75 Å². The summed E-state index contributed by atoms with van der Waals surface area (Å²) in [4.78, 5) is 16.4. The van der Waals surface area contributed by atoms with Crippen molar-refractivity contribution in [2.45, 2.75) is 20.0 Å². The highest BCUT2D eigenvalue weighted by atomic mass is 16.5. The van der Waals surface area contributed by atoms with E-state index >= 15 is 0 Å². The zero-order chi connectivity index (χ0) is 16.9. The maximum Gasteiger partial charge on any atom is 0.249 e. The summed E-state index contributed by atoms with van der Waals surface area (Å²) in [6.45, 7) is 3.95. The molecule has 0 radical (unpaired) electrons. The Morgan fingerprint density at radius 3 is 2.92 bits per heavy atom. The monoisotopic (exact) mass is 321 g/mol. The summed E-state index contributed by atoms with van der Waals surface area (Å²) < 4.78 is 7.50. The van der Waals surface area contributed by atoms with Gasteiger partial charge in [0.2, 0.25) is 5.91 Å². The first kappa shape index (κ1) is 15.8. The Morgan fingerprint density at radius 1 is 1.25 bits per heavy atom. The van der Waals surface area contributed by atoms with Gasteiger partial charge < -0.3 is 14.5 Å². The smallest absolute Gasteiger partial charge is 0.249 e. The van der Waals surface area contributed by atoms with Crippen molar-refractivity contribution in [3.63, 3.8) is 0 Å². The summed E-state index contributed by atoms with van der Waals surface area (Å²) >= 11 is 0. The average Bonchev–Trinajstić information content (AvgIpc) is 2.95. The molecule has 2 aromatic heterocycles. The second-order valence-corrected chi connectivity index (χ2v) is 5.65. The van der Waals surface area contributed by atoms with Crippen LogP contribution >= 0.6 is 0 Å². The number of hydrogen-bond donors (Lipinski definition) is 1. The van der Waals surface area contributed by atoms with Crippen molar-refractivity contribution in [1.29, 1.82) is 0 Å². The second-order valence-electron chi connectivity index (χ2n) is 5.65. The molecule has 0 fully saturated rings. The topological polar surface area (TPSA) is 55.6 Å². The normalized spacial score (nSPS) is 11.3. The molecule has 1 aromatic carbocycles. The minimum atomic E-state index is -0.228. The third kappa shape index (κ3) is 4.01. The standard InChI is InChI=1S/C19H19N3O2/c1-14(2)24-16-7-5-6-15(12-16)9-10-19(23)21-17-13-22-11-4-3-8-18(22)20-17/h3-14H,1-2H3,(H,21,23)/b10-9+. The van der Waals surface area contributed by atoms with E-state index < -0.39 is 0 Å². The Balaban J connectivity index is 1.66. The Morgan fingerprint density at radius 2 is 2.12 bits per heavy atom. The van der Waals surface area contributed by atoms with Gasteiger partial charge in [0.1, 0.15) is 11.4 Å². The Kier molecular flexibility index (Phi) is 4.61. The molecular weight excluding hydrogens is 302 g/mol. The third-order valence-electron chi connectivity index (χ3n) is 3.27. The minimum Gasteiger partial charge on any atom is -0.491 e. The van der Waals surface area contributed by atoms with Crippen LogP contribution in [0.4, 0.5) is 5.82 Å². The molecule has 0 unspecified atom stereocenters. The second kappa shape index (κ2) is 7.00. The van der Waals surface area contributed by atoms with Gasteiger partial charge in [0, 0.05) is 12.3 Å². The van der Waals surface area contributed by atoms with Crippen LogP contribution in [0.1, 0.15) is 19.4 Å². The molecule has 3 aromatic rings. The summed E-state index contributed by atoms with van der Waals surface area (Å²) in [6, 6.07) is 13.3. The quantitative estimate of drug-likeness (QED) is 0.728. The first-order chi connectivity index (χ1) is 11.6. The maximum absolute atomic E-state index is 12.0. The molecule has 2 heterocycles. The Hall–Kier alpha value is -3.08. The van der Waals surface area contributed by atoms with Gasteiger partial charge in [-0.1, -0.05) is 18.2 Å². The van der Waals surface area contributed by atoms with Gasteiger partial charge in [-0.3, -0.25) is 4.79 Å². The molecule has 1 amide bonds. The number of pyridine rings is 1. The molecule has 0 aliphatic heterocycles. The number of imidazole rings is 1. The van der Waals surface area contributed by atoms with Gasteiger partial charge in [0.05, 0.1) is 12.3 Å². The molecule has 0 saturated heterocycles. The summed E-state index contributed by atoms with van der Waals surface area (Å²) in [6.07, 6.45) is 7.01. The van der Waals surface area contributed by atoms with Crippen molar-refractivity contribution in [2.24, 2.45) is 0 Å². The van der Waals surface area contributed by atoms with Crippen LogP contribution in [-0.4, -0.2) is 21.4 Å². The molecule has 122 valence electrons. The minimum absolute atomic E-state index is 0.113. The highest BCUT2D eigenvalue weighted by Crippen LogP contribution is 2.16. The number of nitrogens with one attached hydrogen (secondary N) is 1. The van der Waals surface area contributed by atoms with Crippen LogP contribution in [0.3, 0.4) is 0 Å². The van der Waals surface area contributed by atoms with Gasteiger partial charge in [-0.05, 0) is 49.8 Å². The number of rotatable bonds is 5. The molecule has 0 atom stereocenters. The number of ether oxygens (including phenoxy) is 1. The van der Waals surface area contributed by atoms with E-state index in [1.165, 1.54) is 6.08 Å². The molecule has 0 aliphatic rings. The van der Waals surface area contributed by atoms with Gasteiger partial charge in [0.15, 0.2) is 5.82 Å². The average molecular weight is 321 g/mol. The fourth-order valence-electron chi connectivity index (χ4n) is 2.30. The molecule has 1 N–H and O–H groups in total. The number of aromatic nitrogens is 2. The number of carbonyl (C=O) groups is 1. The largest absolute Gasteiger partial charge is 0.491 e. The fourth-order valence-corrected chi connectivity index (χ4v) is 2.30. The first-order valence-corrected chi connectivity index (χ1v) is 7.80. The lowest BCUT2D eigenvalue weighted by molar-refractivity contribution is -0.111. The number of carbonyl (C=O) groups excluding carboxylic acids is 1. The van der Waals surface area contributed by atoms with Crippen molar-refractivity contribution in [2.75, 3.05) is 5.32 Å². The van der Waals surface area contributed by atoms with Gasteiger partial charge in [-0.15, -0.1) is 0 Å². The Labute approximate surface area is 140 Å². The van der Waals surface area contributed by atoms with Crippen molar-refractivity contribution >= 4 is 23.4 Å². The van der Waals surface area contributed by atoms with E-state index in [0.717, 1.165) is 17.0 Å². The summed E-state index contributed by atoms with van der Waals surface area (Å²) in [5.41, 5.74) is 1.69. The number of nitrogens with zero attached hydrogens (tertiary/aromatic N) is 2. The number of amides is 1. The van der Waals surface area contributed by atoms with Gasteiger partial charge in [-0.25, -0.2) is 4.98 Å². The number of hydrogen-bond acceptors (Lipinski definition) is 3. The number of anilines is 1. The third-order valence-corrected chi connectivity index (χ3v) is 3.27. The molecule has 0 saturated carbocycles. The summed E-state index contributed by atoms with van der Waals surface area (Å²) in [5, 5.41) is 2.76. The van der Waals surface area contributed by atoms with Crippen molar-refractivity contribution in [1.82, 2.24) is 9.38 Å². The SMILES string of the molecule is CC(C)Oc1cccc(/C=C/C(=O)Nc2cn3ccccc3n2)c1. The van der Waals surface area contributed by atoms with Crippen LogP contribution < -0.4 is 10.1 Å². The van der Waals surface area contributed by atoms with Crippen LogP contribution in [0, 0.1) is 0 Å². The predicted molar refractivity (Wildman–Crippen MR) is 95.1 cm³/mol. The highest BCUT2D eigenvalue weighted by molar-refractivity contribution is 6.01. The van der Waals surface area contributed by atoms with Crippen molar-refractivity contribution < 1.29 is 9.53 Å². The maximum atomic E-state index is 12.0. The van der Waals surface area contributed by atoms with Crippen molar-refractivity contribution in [3.05, 3.63) is 66.5 Å². The fraction of sp³-hybridized carbons (Fsp3) is 0.158. The predicted octanol–water partition coefficient (Wildman–Crippen LogP) is 3.77. The molecular formula is C19H19N3O2. The molecule has 3 rings (SSSR count). The molecule has 0 bridgehead atoms. The van der Waals surface area contributed by atoms with Gasteiger partial charge in [0.25, 0.3) is 0 Å². The highest BCUT2D eigenvalue weighted by Gasteiger charge is 2.03. The van der Waals surface area contributed by atoms with Gasteiger partial charge in [-0.2, -0.15) is 0 Å². The lowest BCUT2D eigenvalue weighted by Gasteiger charge is -2.09. The van der Waals surface area contributed by atoms with Crippen LogP contribution in [0.15, 0.2) is 60.9 Å². The van der Waals surface area contributed by atoms with E-state index in [4.69, 9.17) is 4.74 Å². The van der Waals surface area contributed by atoms with Crippen molar-refractivity contribution in [3.8, 4) is 5.75 Å². The van der Waals surface area contributed by atoms with E-state index in [1.807, 2.05) is 66.9 Å². The molecule has 0 aliphatic carbocycles.